The monoisotopic (exact) mass is 154 g/mol. The zero-order valence-electron chi connectivity index (χ0n) is 5.39. The number of Topliss-reactive ketones (excluding diaryl/α,β-unsaturated/α-hetero) is 1. The lowest BCUT2D eigenvalue weighted by molar-refractivity contribution is 0.101. The molecule has 0 saturated heterocycles. The van der Waals surface area contributed by atoms with Crippen LogP contribution in [0.4, 0.5) is 0 Å². The number of aromatic nitrogens is 1. The summed E-state index contributed by atoms with van der Waals surface area (Å²) in [6.07, 6.45) is 3.96. The van der Waals surface area contributed by atoms with Gasteiger partial charge in [-0.2, -0.15) is 0 Å². The fourth-order valence-electron chi connectivity index (χ4n) is 0.551. The van der Waals surface area contributed by atoms with E-state index in [4.69, 9.17) is 11.6 Å². The van der Waals surface area contributed by atoms with Crippen LogP contribution in [-0.2, 0) is 0 Å². The van der Waals surface area contributed by atoms with Crippen LogP contribution in [0.15, 0.2) is 12.3 Å². The van der Waals surface area contributed by atoms with Crippen molar-refractivity contribution in [1.29, 1.82) is 0 Å². The molecule has 0 N–H and O–H groups in total. The molecule has 3 heteroatoms. The molecule has 0 fully saturated rings. The predicted molar refractivity (Wildman–Crippen MR) is 38.1 cm³/mol. The van der Waals surface area contributed by atoms with Crippen LogP contribution in [0, 0.1) is 6.20 Å². The second kappa shape index (κ2) is 2.80. The van der Waals surface area contributed by atoms with Crippen molar-refractivity contribution in [3.8, 4) is 0 Å². The average molecular weight is 155 g/mol. The van der Waals surface area contributed by atoms with Crippen LogP contribution in [0.25, 0.3) is 0 Å². The lowest BCUT2D eigenvalue weighted by atomic mass is 10.2. The molecular formula is C7H5ClNO. The van der Waals surface area contributed by atoms with E-state index in [1.807, 2.05) is 0 Å². The first-order valence-corrected chi connectivity index (χ1v) is 3.12. The minimum absolute atomic E-state index is 0.0741. The predicted octanol–water partition coefficient (Wildman–Crippen LogP) is 1.74. The van der Waals surface area contributed by atoms with Crippen LogP contribution < -0.4 is 0 Å². The lowest BCUT2D eigenvalue weighted by Crippen LogP contribution is -1.92. The van der Waals surface area contributed by atoms with E-state index in [1.54, 1.807) is 0 Å². The fraction of sp³-hybridized carbons (Fsp3) is 0.143. The maximum absolute atomic E-state index is 10.7. The first-order chi connectivity index (χ1) is 4.70. The van der Waals surface area contributed by atoms with Crippen molar-refractivity contribution < 1.29 is 4.79 Å². The van der Waals surface area contributed by atoms with Gasteiger partial charge in [-0.25, -0.2) is 0 Å². The smallest absolute Gasteiger partial charge is 0.162 e. The minimum atomic E-state index is -0.0741. The third kappa shape index (κ3) is 1.54. The highest BCUT2D eigenvalue weighted by Gasteiger charge is 1.98. The molecule has 0 aromatic carbocycles. The van der Waals surface area contributed by atoms with Crippen molar-refractivity contribution in [2.24, 2.45) is 0 Å². The Morgan fingerprint density at radius 1 is 1.80 bits per heavy atom. The molecule has 51 valence electrons. The number of rotatable bonds is 1. The standard InChI is InChI=1S/C7H5ClNO/c1-5(10)6-2-7(8)4-9-3-6/h2,4H,1H3. The molecule has 0 spiro atoms. The largest absolute Gasteiger partial charge is 0.294 e. The number of halogens is 1. The van der Waals surface area contributed by atoms with Gasteiger partial charge in [0, 0.05) is 11.8 Å². The summed E-state index contributed by atoms with van der Waals surface area (Å²) < 4.78 is 0. The number of carbonyl (C=O) groups is 1. The van der Waals surface area contributed by atoms with Crippen LogP contribution in [0.2, 0.25) is 5.02 Å². The highest BCUT2D eigenvalue weighted by molar-refractivity contribution is 6.30. The molecule has 1 rings (SSSR count). The van der Waals surface area contributed by atoms with Gasteiger partial charge in [0.15, 0.2) is 5.78 Å². The van der Waals surface area contributed by atoms with Crippen LogP contribution in [0.3, 0.4) is 0 Å². The van der Waals surface area contributed by atoms with E-state index in [-0.39, 0.29) is 5.78 Å². The van der Waals surface area contributed by atoms with E-state index in [0.717, 1.165) is 0 Å². The van der Waals surface area contributed by atoms with Crippen molar-refractivity contribution in [2.45, 2.75) is 6.92 Å². The van der Waals surface area contributed by atoms with Gasteiger partial charge >= 0.3 is 0 Å². The number of pyridine rings is 1. The maximum Gasteiger partial charge on any atom is 0.162 e. The Kier molecular flexibility index (Phi) is 2.02. The fourth-order valence-corrected chi connectivity index (χ4v) is 0.709. The zero-order chi connectivity index (χ0) is 7.56. The molecule has 1 aromatic heterocycles. The summed E-state index contributed by atoms with van der Waals surface area (Å²) in [6.45, 7) is 1.45. The van der Waals surface area contributed by atoms with Gasteiger partial charge in [-0.3, -0.25) is 9.78 Å². The highest BCUT2D eigenvalue weighted by Crippen LogP contribution is 2.07. The summed E-state index contributed by atoms with van der Waals surface area (Å²) in [5.41, 5.74) is 0.424. The van der Waals surface area contributed by atoms with Crippen LogP contribution in [0.5, 0.6) is 0 Å². The molecule has 0 unspecified atom stereocenters. The number of hydrogen-bond acceptors (Lipinski definition) is 2. The molecule has 0 atom stereocenters. The second-order valence-corrected chi connectivity index (χ2v) is 2.31. The quantitative estimate of drug-likeness (QED) is 0.577. The average Bonchev–Trinajstić information content (AvgIpc) is 1.88. The molecule has 2 nitrogen and oxygen atoms in total. The van der Waals surface area contributed by atoms with Crippen molar-refractivity contribution >= 4 is 17.4 Å². The molecule has 0 bridgehead atoms. The van der Waals surface area contributed by atoms with Gasteiger partial charge < -0.3 is 0 Å². The highest BCUT2D eigenvalue weighted by atomic mass is 35.5. The lowest BCUT2D eigenvalue weighted by Gasteiger charge is -1.91. The molecule has 1 radical (unpaired) electrons. The molecule has 0 aliphatic carbocycles. The molecule has 1 heterocycles. The third-order valence-corrected chi connectivity index (χ3v) is 1.24. The number of hydrogen-bond donors (Lipinski definition) is 0. The van der Waals surface area contributed by atoms with Crippen molar-refractivity contribution in [1.82, 2.24) is 4.98 Å². The Balaban J connectivity index is 3.07. The summed E-state index contributed by atoms with van der Waals surface area (Å²) >= 11 is 5.55. The zero-order valence-corrected chi connectivity index (χ0v) is 6.14. The van der Waals surface area contributed by atoms with Crippen LogP contribution in [0.1, 0.15) is 17.3 Å². The Labute approximate surface area is 63.8 Å². The van der Waals surface area contributed by atoms with Gasteiger partial charge in [-0.05, 0) is 13.0 Å². The topological polar surface area (TPSA) is 30.0 Å². The SMILES string of the molecule is CC(=O)c1[c]ncc(Cl)c1. The summed E-state index contributed by atoms with van der Waals surface area (Å²) in [4.78, 5) is 14.3. The minimum Gasteiger partial charge on any atom is -0.294 e. The van der Waals surface area contributed by atoms with Gasteiger partial charge in [-0.15, -0.1) is 0 Å². The van der Waals surface area contributed by atoms with Crippen molar-refractivity contribution in [2.75, 3.05) is 0 Å². The Bertz CT molecular complexity index is 260. The van der Waals surface area contributed by atoms with Crippen LogP contribution in [-0.4, -0.2) is 10.8 Å². The van der Waals surface area contributed by atoms with Gasteiger partial charge in [0.1, 0.15) is 6.20 Å². The van der Waals surface area contributed by atoms with E-state index in [2.05, 4.69) is 11.2 Å². The molecule has 0 saturated carbocycles. The summed E-state index contributed by atoms with van der Waals surface area (Å²) in [7, 11) is 0. The van der Waals surface area contributed by atoms with E-state index in [1.165, 1.54) is 19.2 Å². The van der Waals surface area contributed by atoms with E-state index >= 15 is 0 Å². The summed E-state index contributed by atoms with van der Waals surface area (Å²) in [5.74, 6) is -0.0741. The van der Waals surface area contributed by atoms with E-state index in [0.29, 0.717) is 10.6 Å². The van der Waals surface area contributed by atoms with Gasteiger partial charge in [0.05, 0.1) is 5.02 Å². The van der Waals surface area contributed by atoms with Crippen molar-refractivity contribution in [3.05, 3.63) is 29.0 Å². The maximum atomic E-state index is 10.7. The van der Waals surface area contributed by atoms with E-state index < -0.39 is 0 Å². The van der Waals surface area contributed by atoms with Crippen molar-refractivity contribution in [3.63, 3.8) is 0 Å². The Morgan fingerprint density at radius 3 is 2.90 bits per heavy atom. The summed E-state index contributed by atoms with van der Waals surface area (Å²) in [6, 6.07) is 1.54. The second-order valence-electron chi connectivity index (χ2n) is 1.87. The molecule has 0 aliphatic heterocycles. The van der Waals surface area contributed by atoms with Gasteiger partial charge in [0.2, 0.25) is 0 Å². The van der Waals surface area contributed by atoms with Crippen LogP contribution >= 0.6 is 11.6 Å². The number of carbonyl (C=O) groups excluding carboxylic acids is 1. The Hall–Kier alpha value is -0.890. The molecule has 0 aliphatic rings. The van der Waals surface area contributed by atoms with Gasteiger partial charge in [-0.1, -0.05) is 11.6 Å². The molecule has 0 amide bonds. The third-order valence-electron chi connectivity index (χ3n) is 1.03. The first-order valence-electron chi connectivity index (χ1n) is 2.74. The molecular weight excluding hydrogens is 150 g/mol. The molecule has 1 aromatic rings. The molecule has 10 heavy (non-hydrogen) atoms. The Morgan fingerprint density at radius 2 is 2.50 bits per heavy atom. The van der Waals surface area contributed by atoms with E-state index in [9.17, 15) is 4.79 Å². The normalized spacial score (nSPS) is 9.40. The summed E-state index contributed by atoms with van der Waals surface area (Å²) in [5, 5.41) is 0.462. The van der Waals surface area contributed by atoms with Gasteiger partial charge in [0.25, 0.3) is 0 Å². The number of ketones is 1. The first kappa shape index (κ1) is 7.22. The number of nitrogens with zero attached hydrogens (tertiary/aromatic N) is 1.